The van der Waals surface area contributed by atoms with Gasteiger partial charge in [0, 0.05) is 34.9 Å². The van der Waals surface area contributed by atoms with Crippen molar-refractivity contribution in [1.82, 2.24) is 19.9 Å². The number of hydrogen-bond acceptors (Lipinski definition) is 8. The fourth-order valence-corrected chi connectivity index (χ4v) is 3.98. The Labute approximate surface area is 191 Å². The molecule has 1 aromatic carbocycles. The van der Waals surface area contributed by atoms with Gasteiger partial charge in [0.1, 0.15) is 0 Å². The largest absolute Gasteiger partial charge is 0.325 e. The molecule has 166 valence electrons. The number of carbonyl (C=O) groups is 2. The van der Waals surface area contributed by atoms with E-state index in [1.807, 2.05) is 0 Å². The highest BCUT2D eigenvalue weighted by atomic mass is 32.2. The number of anilines is 2. The van der Waals surface area contributed by atoms with E-state index in [0.29, 0.717) is 33.1 Å². The van der Waals surface area contributed by atoms with E-state index in [-0.39, 0.29) is 34.4 Å². The fraction of sp³-hybridized carbons (Fsp3) is 0.200. The van der Waals surface area contributed by atoms with Gasteiger partial charge in [-0.2, -0.15) is 0 Å². The molecule has 3 aromatic rings. The van der Waals surface area contributed by atoms with Crippen LogP contribution in [0.15, 0.2) is 56.3 Å². The lowest BCUT2D eigenvalue weighted by Gasteiger charge is -2.08. The number of amides is 2. The molecule has 3 rings (SSSR count). The summed E-state index contributed by atoms with van der Waals surface area (Å²) < 4.78 is 0. The molecule has 0 spiro atoms. The van der Waals surface area contributed by atoms with Crippen molar-refractivity contribution in [3.8, 4) is 0 Å². The number of aromatic amines is 2. The summed E-state index contributed by atoms with van der Waals surface area (Å²) in [4.78, 5) is 60.6. The zero-order valence-corrected chi connectivity index (χ0v) is 18.9. The van der Waals surface area contributed by atoms with Crippen LogP contribution < -0.4 is 21.8 Å². The van der Waals surface area contributed by atoms with Crippen molar-refractivity contribution in [3.63, 3.8) is 0 Å². The monoisotopic (exact) mass is 472 g/mol. The SMILES string of the molecule is Cc1cc(=O)[nH]c(SCC(=O)Nc2ccc(NC(=O)CSc3nc(C)cc(=O)[nH]3)cc2)n1. The Bertz CT molecular complexity index is 1140. The van der Waals surface area contributed by atoms with Crippen molar-refractivity contribution in [1.29, 1.82) is 0 Å². The molecule has 0 atom stereocenters. The van der Waals surface area contributed by atoms with Crippen LogP contribution in [0, 0.1) is 13.8 Å². The van der Waals surface area contributed by atoms with Crippen LogP contribution in [-0.2, 0) is 9.59 Å². The number of rotatable bonds is 8. The van der Waals surface area contributed by atoms with Gasteiger partial charge in [-0.3, -0.25) is 19.2 Å². The van der Waals surface area contributed by atoms with Gasteiger partial charge in [-0.15, -0.1) is 0 Å². The summed E-state index contributed by atoms with van der Waals surface area (Å²) in [6.45, 7) is 3.41. The first kappa shape index (κ1) is 23.3. The van der Waals surface area contributed by atoms with Gasteiger partial charge in [-0.05, 0) is 38.1 Å². The highest BCUT2D eigenvalue weighted by molar-refractivity contribution is 8.00. The van der Waals surface area contributed by atoms with E-state index in [2.05, 4.69) is 30.6 Å². The Balaban J connectivity index is 1.46. The van der Waals surface area contributed by atoms with Gasteiger partial charge in [-0.1, -0.05) is 23.5 Å². The highest BCUT2D eigenvalue weighted by Crippen LogP contribution is 2.17. The Hall–Kier alpha value is -3.38. The van der Waals surface area contributed by atoms with Crippen LogP contribution in [-0.4, -0.2) is 43.3 Å². The maximum atomic E-state index is 12.1. The molecule has 10 nitrogen and oxygen atoms in total. The molecular formula is C20H20N6O4S2. The van der Waals surface area contributed by atoms with Crippen molar-refractivity contribution in [2.45, 2.75) is 24.2 Å². The summed E-state index contributed by atoms with van der Waals surface area (Å²) in [5, 5.41) is 6.24. The second kappa shape index (κ2) is 10.8. The molecule has 0 bridgehead atoms. The lowest BCUT2D eigenvalue weighted by Crippen LogP contribution is -2.16. The van der Waals surface area contributed by atoms with Crippen molar-refractivity contribution < 1.29 is 9.59 Å². The molecule has 0 saturated heterocycles. The quantitative estimate of drug-likeness (QED) is 0.287. The van der Waals surface area contributed by atoms with E-state index in [4.69, 9.17) is 0 Å². The summed E-state index contributed by atoms with van der Waals surface area (Å²) in [7, 11) is 0. The van der Waals surface area contributed by atoms with Gasteiger partial charge in [-0.25, -0.2) is 9.97 Å². The van der Waals surface area contributed by atoms with E-state index in [1.165, 1.54) is 12.1 Å². The molecule has 0 saturated carbocycles. The molecule has 4 N–H and O–H groups in total. The highest BCUT2D eigenvalue weighted by Gasteiger charge is 2.08. The number of nitrogens with one attached hydrogen (secondary N) is 4. The first-order valence-electron chi connectivity index (χ1n) is 9.38. The van der Waals surface area contributed by atoms with Gasteiger partial charge >= 0.3 is 0 Å². The number of H-pyrrole nitrogens is 2. The number of carbonyl (C=O) groups excluding carboxylic acids is 2. The van der Waals surface area contributed by atoms with Gasteiger partial charge in [0.15, 0.2) is 10.3 Å². The maximum absolute atomic E-state index is 12.1. The van der Waals surface area contributed by atoms with E-state index >= 15 is 0 Å². The number of nitrogens with zero attached hydrogens (tertiary/aromatic N) is 2. The van der Waals surface area contributed by atoms with Gasteiger partial charge in [0.25, 0.3) is 11.1 Å². The zero-order valence-electron chi connectivity index (χ0n) is 17.2. The first-order valence-corrected chi connectivity index (χ1v) is 11.4. The van der Waals surface area contributed by atoms with Crippen LogP contribution >= 0.6 is 23.5 Å². The maximum Gasteiger partial charge on any atom is 0.251 e. The summed E-state index contributed by atoms with van der Waals surface area (Å²) in [5.41, 5.74) is 1.76. The minimum absolute atomic E-state index is 0.0805. The van der Waals surface area contributed by atoms with E-state index in [1.54, 1.807) is 38.1 Å². The lowest BCUT2D eigenvalue weighted by molar-refractivity contribution is -0.114. The van der Waals surface area contributed by atoms with Gasteiger partial charge in [0.05, 0.1) is 11.5 Å². The first-order chi connectivity index (χ1) is 15.3. The molecule has 0 radical (unpaired) electrons. The van der Waals surface area contributed by atoms with Gasteiger partial charge in [0.2, 0.25) is 11.8 Å². The summed E-state index contributed by atoms with van der Waals surface area (Å²) in [6, 6.07) is 9.41. The molecule has 0 fully saturated rings. The lowest BCUT2D eigenvalue weighted by atomic mass is 10.3. The zero-order chi connectivity index (χ0) is 23.1. The fourth-order valence-electron chi connectivity index (χ4n) is 2.54. The second-order valence-corrected chi connectivity index (χ2v) is 8.56. The number of aromatic nitrogens is 4. The average molecular weight is 473 g/mol. The molecular weight excluding hydrogens is 452 g/mol. The van der Waals surface area contributed by atoms with Crippen molar-refractivity contribution in [3.05, 3.63) is 68.5 Å². The summed E-state index contributed by atoms with van der Waals surface area (Å²) >= 11 is 2.26. The average Bonchev–Trinajstić information content (AvgIpc) is 2.71. The van der Waals surface area contributed by atoms with Crippen LogP contribution in [0.2, 0.25) is 0 Å². The predicted molar refractivity (Wildman–Crippen MR) is 124 cm³/mol. The molecule has 2 aromatic heterocycles. The summed E-state index contributed by atoms with van der Waals surface area (Å²) in [5.74, 6) is -0.354. The van der Waals surface area contributed by atoms with E-state index in [0.717, 1.165) is 23.5 Å². The van der Waals surface area contributed by atoms with Crippen molar-refractivity contribution in [2.75, 3.05) is 22.1 Å². The van der Waals surface area contributed by atoms with Crippen LogP contribution in [0.4, 0.5) is 11.4 Å². The molecule has 2 heterocycles. The summed E-state index contributed by atoms with van der Waals surface area (Å²) in [6.07, 6.45) is 0. The van der Waals surface area contributed by atoms with Crippen LogP contribution in [0.5, 0.6) is 0 Å². The standard InChI is InChI=1S/C20H20N6O4S2/c1-11-7-15(27)25-19(21-11)31-9-17(29)23-13-3-5-14(6-4-13)24-18(30)10-32-20-22-12(2)8-16(28)26-20/h3-8H,9-10H2,1-2H3,(H,23,29)(H,24,30)(H,21,25,27)(H,22,26,28). The second-order valence-electron chi connectivity index (χ2n) is 6.63. The smallest absolute Gasteiger partial charge is 0.251 e. The predicted octanol–water partition coefficient (Wildman–Crippen LogP) is 1.93. The minimum atomic E-state index is -0.264. The van der Waals surface area contributed by atoms with Crippen molar-refractivity contribution in [2.24, 2.45) is 0 Å². The number of hydrogen-bond donors (Lipinski definition) is 4. The molecule has 12 heteroatoms. The van der Waals surface area contributed by atoms with E-state index in [9.17, 15) is 19.2 Å². The Morgan fingerprint density at radius 2 is 1.16 bits per heavy atom. The number of thioether (sulfide) groups is 2. The molecule has 32 heavy (non-hydrogen) atoms. The topological polar surface area (TPSA) is 150 Å². The Kier molecular flexibility index (Phi) is 7.84. The van der Waals surface area contributed by atoms with Gasteiger partial charge < -0.3 is 20.6 Å². The number of benzene rings is 1. The molecule has 0 unspecified atom stereocenters. The molecule has 0 aliphatic rings. The van der Waals surface area contributed by atoms with E-state index < -0.39 is 0 Å². The number of aryl methyl sites for hydroxylation is 2. The third-order valence-electron chi connectivity index (χ3n) is 3.83. The Morgan fingerprint density at radius 1 is 0.781 bits per heavy atom. The third kappa shape index (κ3) is 7.39. The normalized spacial score (nSPS) is 10.6. The van der Waals surface area contributed by atoms with Crippen LogP contribution in [0.1, 0.15) is 11.4 Å². The van der Waals surface area contributed by atoms with Crippen LogP contribution in [0.25, 0.3) is 0 Å². The van der Waals surface area contributed by atoms with Crippen molar-refractivity contribution >= 4 is 46.7 Å². The Morgan fingerprint density at radius 3 is 1.50 bits per heavy atom. The van der Waals surface area contributed by atoms with Crippen LogP contribution in [0.3, 0.4) is 0 Å². The molecule has 2 amide bonds. The molecule has 0 aliphatic carbocycles. The molecule has 0 aliphatic heterocycles. The third-order valence-corrected chi connectivity index (χ3v) is 5.58. The minimum Gasteiger partial charge on any atom is -0.325 e.